The van der Waals surface area contributed by atoms with Crippen molar-refractivity contribution in [1.82, 2.24) is 15.6 Å². The molecule has 6 nitrogen and oxygen atoms in total. The SMILES string of the molecule is CN=C(NCc1cccc(N(C)C)n1)NCC(C)Oc1ccccc1C. The number of hydrogen-bond donors (Lipinski definition) is 2. The van der Waals surface area contributed by atoms with Crippen LogP contribution in [-0.4, -0.2) is 44.7 Å². The molecule has 26 heavy (non-hydrogen) atoms. The Bertz CT molecular complexity index is 730. The fourth-order valence-electron chi connectivity index (χ4n) is 2.40. The second kappa shape index (κ2) is 9.65. The van der Waals surface area contributed by atoms with Crippen LogP contribution in [0.15, 0.2) is 47.5 Å². The van der Waals surface area contributed by atoms with E-state index in [0.717, 1.165) is 28.8 Å². The Kier molecular flexibility index (Phi) is 7.26. The number of para-hydroxylation sites is 1. The van der Waals surface area contributed by atoms with Gasteiger partial charge in [-0.3, -0.25) is 4.99 Å². The third kappa shape index (κ3) is 5.95. The number of ether oxygens (including phenoxy) is 1. The Labute approximate surface area is 156 Å². The van der Waals surface area contributed by atoms with Gasteiger partial charge >= 0.3 is 0 Å². The van der Waals surface area contributed by atoms with Crippen molar-refractivity contribution in [3.8, 4) is 5.75 Å². The van der Waals surface area contributed by atoms with Crippen LogP contribution in [0.4, 0.5) is 5.82 Å². The fourth-order valence-corrected chi connectivity index (χ4v) is 2.40. The Morgan fingerprint density at radius 3 is 2.62 bits per heavy atom. The summed E-state index contributed by atoms with van der Waals surface area (Å²) >= 11 is 0. The normalized spacial score (nSPS) is 12.4. The summed E-state index contributed by atoms with van der Waals surface area (Å²) in [5.74, 6) is 2.57. The maximum absolute atomic E-state index is 5.98. The maximum Gasteiger partial charge on any atom is 0.191 e. The van der Waals surface area contributed by atoms with Gasteiger partial charge in [-0.05, 0) is 37.6 Å². The molecule has 1 aromatic heterocycles. The zero-order chi connectivity index (χ0) is 18.9. The van der Waals surface area contributed by atoms with E-state index in [1.54, 1.807) is 7.05 Å². The predicted molar refractivity (Wildman–Crippen MR) is 108 cm³/mol. The molecule has 2 aromatic rings. The first-order valence-electron chi connectivity index (χ1n) is 8.79. The number of aryl methyl sites for hydroxylation is 1. The molecule has 6 heteroatoms. The number of guanidine groups is 1. The molecular formula is C20H29N5O. The van der Waals surface area contributed by atoms with Gasteiger partial charge in [0.25, 0.3) is 0 Å². The zero-order valence-corrected chi connectivity index (χ0v) is 16.3. The van der Waals surface area contributed by atoms with Crippen molar-refractivity contribution in [2.75, 3.05) is 32.6 Å². The van der Waals surface area contributed by atoms with Gasteiger partial charge in [0, 0.05) is 21.1 Å². The second-order valence-corrected chi connectivity index (χ2v) is 6.38. The van der Waals surface area contributed by atoms with E-state index < -0.39 is 0 Å². The van der Waals surface area contributed by atoms with Crippen molar-refractivity contribution < 1.29 is 4.74 Å². The molecule has 0 aliphatic heterocycles. The summed E-state index contributed by atoms with van der Waals surface area (Å²) in [6, 6.07) is 14.0. The highest BCUT2D eigenvalue weighted by atomic mass is 16.5. The molecule has 0 radical (unpaired) electrons. The fraction of sp³-hybridized carbons (Fsp3) is 0.400. The molecule has 1 heterocycles. The lowest BCUT2D eigenvalue weighted by molar-refractivity contribution is 0.222. The summed E-state index contributed by atoms with van der Waals surface area (Å²) < 4.78 is 5.98. The summed E-state index contributed by atoms with van der Waals surface area (Å²) in [4.78, 5) is 10.8. The van der Waals surface area contributed by atoms with Crippen molar-refractivity contribution in [3.63, 3.8) is 0 Å². The summed E-state index contributed by atoms with van der Waals surface area (Å²) in [6.07, 6.45) is 0.0184. The Morgan fingerprint density at radius 1 is 1.15 bits per heavy atom. The minimum Gasteiger partial charge on any atom is -0.489 e. The van der Waals surface area contributed by atoms with Gasteiger partial charge in [-0.2, -0.15) is 0 Å². The summed E-state index contributed by atoms with van der Waals surface area (Å²) in [6.45, 7) is 5.34. The largest absolute Gasteiger partial charge is 0.489 e. The molecule has 0 saturated heterocycles. The lowest BCUT2D eigenvalue weighted by atomic mass is 10.2. The van der Waals surface area contributed by atoms with Gasteiger partial charge in [0.15, 0.2) is 5.96 Å². The smallest absolute Gasteiger partial charge is 0.191 e. The van der Waals surface area contributed by atoms with Gasteiger partial charge in [0.1, 0.15) is 17.7 Å². The molecule has 0 amide bonds. The Balaban J connectivity index is 1.82. The van der Waals surface area contributed by atoms with E-state index in [4.69, 9.17) is 4.74 Å². The van der Waals surface area contributed by atoms with Crippen molar-refractivity contribution in [3.05, 3.63) is 53.7 Å². The van der Waals surface area contributed by atoms with Crippen LogP contribution < -0.4 is 20.3 Å². The minimum atomic E-state index is 0.0184. The van der Waals surface area contributed by atoms with E-state index in [1.165, 1.54) is 0 Å². The quantitative estimate of drug-likeness (QED) is 0.590. The molecule has 0 aliphatic rings. The number of benzene rings is 1. The first-order chi connectivity index (χ1) is 12.5. The van der Waals surface area contributed by atoms with Crippen LogP contribution in [0.1, 0.15) is 18.2 Å². The monoisotopic (exact) mass is 355 g/mol. The molecule has 1 atom stereocenters. The molecule has 1 aromatic carbocycles. The van der Waals surface area contributed by atoms with Crippen molar-refractivity contribution in [1.29, 1.82) is 0 Å². The molecule has 2 N–H and O–H groups in total. The van der Waals surface area contributed by atoms with Gasteiger partial charge in [-0.25, -0.2) is 4.98 Å². The molecular weight excluding hydrogens is 326 g/mol. The lowest BCUT2D eigenvalue weighted by Gasteiger charge is -2.19. The molecule has 1 unspecified atom stereocenters. The molecule has 0 spiro atoms. The third-order valence-electron chi connectivity index (χ3n) is 3.89. The second-order valence-electron chi connectivity index (χ2n) is 6.38. The van der Waals surface area contributed by atoms with Crippen LogP contribution in [0.3, 0.4) is 0 Å². The topological polar surface area (TPSA) is 61.8 Å². The standard InChI is InChI=1S/C20H29N5O/c1-15-9-6-7-11-18(15)26-16(2)13-22-20(21-3)23-14-17-10-8-12-19(24-17)25(4)5/h6-12,16H,13-14H2,1-5H3,(H2,21,22,23). The summed E-state index contributed by atoms with van der Waals surface area (Å²) in [5.41, 5.74) is 2.09. The van der Waals surface area contributed by atoms with Gasteiger partial charge in [-0.15, -0.1) is 0 Å². The Hall–Kier alpha value is -2.76. The predicted octanol–water partition coefficient (Wildman–Crippen LogP) is 2.59. The molecule has 0 saturated carbocycles. The number of aromatic nitrogens is 1. The number of nitrogens with zero attached hydrogens (tertiary/aromatic N) is 3. The highest BCUT2D eigenvalue weighted by Crippen LogP contribution is 2.17. The van der Waals surface area contributed by atoms with Gasteiger partial charge in [-0.1, -0.05) is 24.3 Å². The highest BCUT2D eigenvalue weighted by Gasteiger charge is 2.08. The lowest BCUT2D eigenvalue weighted by Crippen LogP contribution is -2.41. The van der Waals surface area contributed by atoms with E-state index in [-0.39, 0.29) is 6.10 Å². The number of hydrogen-bond acceptors (Lipinski definition) is 4. The average Bonchev–Trinajstić information content (AvgIpc) is 2.64. The number of rotatable bonds is 7. The van der Waals surface area contributed by atoms with E-state index in [1.807, 2.05) is 75.3 Å². The molecule has 0 fully saturated rings. The van der Waals surface area contributed by atoms with Gasteiger partial charge < -0.3 is 20.3 Å². The van der Waals surface area contributed by atoms with E-state index in [0.29, 0.717) is 13.1 Å². The molecule has 2 rings (SSSR count). The van der Waals surface area contributed by atoms with Crippen LogP contribution >= 0.6 is 0 Å². The van der Waals surface area contributed by atoms with Crippen molar-refractivity contribution >= 4 is 11.8 Å². The van der Waals surface area contributed by atoms with Crippen LogP contribution in [0.25, 0.3) is 0 Å². The van der Waals surface area contributed by atoms with Crippen molar-refractivity contribution in [2.45, 2.75) is 26.5 Å². The van der Waals surface area contributed by atoms with Gasteiger partial charge in [0.2, 0.25) is 0 Å². The maximum atomic E-state index is 5.98. The number of anilines is 1. The molecule has 0 bridgehead atoms. The first kappa shape index (κ1) is 19.6. The van der Waals surface area contributed by atoms with E-state index in [2.05, 4.69) is 20.6 Å². The van der Waals surface area contributed by atoms with Crippen LogP contribution in [-0.2, 0) is 6.54 Å². The Morgan fingerprint density at radius 2 is 1.92 bits per heavy atom. The summed E-state index contributed by atoms with van der Waals surface area (Å²) in [7, 11) is 5.72. The average molecular weight is 355 g/mol. The summed E-state index contributed by atoms with van der Waals surface area (Å²) in [5, 5.41) is 6.58. The van der Waals surface area contributed by atoms with Crippen LogP contribution in [0.5, 0.6) is 5.75 Å². The highest BCUT2D eigenvalue weighted by molar-refractivity contribution is 5.79. The number of aliphatic imine (C=N–C) groups is 1. The van der Waals surface area contributed by atoms with Gasteiger partial charge in [0.05, 0.1) is 18.8 Å². The molecule has 0 aliphatic carbocycles. The van der Waals surface area contributed by atoms with E-state index in [9.17, 15) is 0 Å². The van der Waals surface area contributed by atoms with Crippen LogP contribution in [0, 0.1) is 6.92 Å². The number of pyridine rings is 1. The first-order valence-corrected chi connectivity index (χ1v) is 8.79. The third-order valence-corrected chi connectivity index (χ3v) is 3.89. The van der Waals surface area contributed by atoms with Crippen molar-refractivity contribution in [2.24, 2.45) is 4.99 Å². The minimum absolute atomic E-state index is 0.0184. The number of nitrogens with one attached hydrogen (secondary N) is 2. The van der Waals surface area contributed by atoms with E-state index >= 15 is 0 Å². The van der Waals surface area contributed by atoms with Crippen LogP contribution in [0.2, 0.25) is 0 Å². The zero-order valence-electron chi connectivity index (χ0n) is 16.3. The molecule has 140 valence electrons.